The van der Waals surface area contributed by atoms with E-state index in [1.807, 2.05) is 18.2 Å². The van der Waals surface area contributed by atoms with Gasteiger partial charge < -0.3 is 5.11 Å². The minimum absolute atomic E-state index is 0.319. The van der Waals surface area contributed by atoms with E-state index in [0.717, 1.165) is 12.0 Å². The Hall–Kier alpha value is -1.34. The van der Waals surface area contributed by atoms with Gasteiger partial charge in [0.15, 0.2) is 0 Å². The molecule has 0 radical (unpaired) electrons. The molecule has 0 fully saturated rings. The molecule has 2 unspecified atom stereocenters. The van der Waals surface area contributed by atoms with Gasteiger partial charge in [0.1, 0.15) is 0 Å². The highest BCUT2D eigenvalue weighted by Crippen LogP contribution is 2.28. The summed E-state index contributed by atoms with van der Waals surface area (Å²) in [5.74, 6) is 0.474. The molecule has 1 aromatic carbocycles. The number of aliphatic hydroxyl groups excluding tert-OH is 1. The van der Waals surface area contributed by atoms with Crippen LogP contribution in [0.15, 0.2) is 48.1 Å². The van der Waals surface area contributed by atoms with E-state index in [0.29, 0.717) is 5.92 Å². The fourth-order valence-electron chi connectivity index (χ4n) is 2.17. The molecule has 2 atom stereocenters. The Bertz CT molecular complexity index is 414. The molecule has 0 aromatic heterocycles. The third kappa shape index (κ3) is 2.25. The van der Waals surface area contributed by atoms with E-state index in [9.17, 15) is 5.11 Å². The van der Waals surface area contributed by atoms with Crippen molar-refractivity contribution < 1.29 is 5.11 Å². The normalized spacial score (nSPS) is 27.9. The van der Waals surface area contributed by atoms with Crippen molar-refractivity contribution in [3.63, 3.8) is 0 Å². The predicted octanol–water partition coefficient (Wildman–Crippen LogP) is 3.42. The Morgan fingerprint density at radius 3 is 2.56 bits per heavy atom. The first kappa shape index (κ1) is 11.2. The molecule has 2 rings (SSSR count). The lowest BCUT2D eigenvalue weighted by atomic mass is 9.87. The third-order valence-corrected chi connectivity index (χ3v) is 3.20. The van der Waals surface area contributed by atoms with E-state index in [-0.39, 0.29) is 6.10 Å². The minimum Gasteiger partial charge on any atom is -0.388 e. The molecule has 1 heteroatoms. The quantitative estimate of drug-likeness (QED) is 0.759. The maximum Gasteiger partial charge on any atom is 0.0798 e. The topological polar surface area (TPSA) is 20.2 Å². The Balaban J connectivity index is 2.38. The van der Waals surface area contributed by atoms with E-state index in [1.54, 1.807) is 0 Å². The molecule has 0 saturated carbocycles. The molecule has 16 heavy (non-hydrogen) atoms. The highest BCUT2D eigenvalue weighted by molar-refractivity contribution is 5.70. The van der Waals surface area contributed by atoms with Gasteiger partial charge in [0.25, 0.3) is 0 Å². The summed E-state index contributed by atoms with van der Waals surface area (Å²) in [6, 6.07) is 10.2. The van der Waals surface area contributed by atoms with Crippen molar-refractivity contribution in [2.75, 3.05) is 0 Å². The van der Waals surface area contributed by atoms with Crippen LogP contribution in [0.5, 0.6) is 0 Å². The van der Waals surface area contributed by atoms with Crippen molar-refractivity contribution in [2.45, 2.75) is 26.4 Å². The Kier molecular flexibility index (Phi) is 3.25. The molecule has 1 aliphatic rings. The molecule has 0 spiro atoms. The summed E-state index contributed by atoms with van der Waals surface area (Å²) in [5.41, 5.74) is 3.43. The van der Waals surface area contributed by atoms with E-state index in [2.05, 4.69) is 38.1 Å². The maximum atomic E-state index is 10.1. The average Bonchev–Trinajstić information content (AvgIpc) is 2.29. The highest BCUT2D eigenvalue weighted by atomic mass is 16.3. The Morgan fingerprint density at radius 2 is 1.94 bits per heavy atom. The summed E-state index contributed by atoms with van der Waals surface area (Å²) in [6.45, 7) is 4.21. The molecule has 0 heterocycles. The molecule has 84 valence electrons. The number of hydrogen-bond acceptors (Lipinski definition) is 1. The standard InChI is InChI=1S/C15H18O/c1-11-8-9-14(15(16)10-11)12(2)13-6-4-3-5-7-13/h3-9,11,15-16H,10H2,1-2H3/b14-12-. The van der Waals surface area contributed by atoms with Crippen molar-refractivity contribution in [1.82, 2.24) is 0 Å². The molecule has 1 nitrogen and oxygen atoms in total. The summed E-state index contributed by atoms with van der Waals surface area (Å²) in [6.07, 6.45) is 4.76. The largest absolute Gasteiger partial charge is 0.388 e. The Labute approximate surface area is 97.1 Å². The van der Waals surface area contributed by atoms with Crippen molar-refractivity contribution in [3.8, 4) is 0 Å². The smallest absolute Gasteiger partial charge is 0.0798 e. The van der Waals surface area contributed by atoms with Crippen LogP contribution in [0.3, 0.4) is 0 Å². The lowest BCUT2D eigenvalue weighted by molar-refractivity contribution is 0.187. The van der Waals surface area contributed by atoms with Crippen LogP contribution in [0.4, 0.5) is 0 Å². The summed E-state index contributed by atoms with van der Waals surface area (Å²) < 4.78 is 0. The molecular formula is C15H18O. The number of allylic oxidation sites excluding steroid dienone is 2. The molecule has 0 saturated heterocycles. The van der Waals surface area contributed by atoms with Crippen LogP contribution >= 0.6 is 0 Å². The van der Waals surface area contributed by atoms with Gasteiger partial charge in [-0.15, -0.1) is 0 Å². The van der Waals surface area contributed by atoms with Gasteiger partial charge in [-0.2, -0.15) is 0 Å². The number of aliphatic hydroxyl groups is 1. The first-order chi connectivity index (χ1) is 7.68. The molecule has 0 aliphatic heterocycles. The zero-order chi connectivity index (χ0) is 11.5. The lowest BCUT2D eigenvalue weighted by Gasteiger charge is -2.22. The minimum atomic E-state index is -0.319. The van der Waals surface area contributed by atoms with Gasteiger partial charge in [-0.25, -0.2) is 0 Å². The van der Waals surface area contributed by atoms with Gasteiger partial charge in [-0.1, -0.05) is 49.4 Å². The molecule has 1 aromatic rings. The van der Waals surface area contributed by atoms with Gasteiger partial charge in [0, 0.05) is 0 Å². The lowest BCUT2D eigenvalue weighted by Crippen LogP contribution is -2.17. The van der Waals surface area contributed by atoms with Gasteiger partial charge in [-0.3, -0.25) is 0 Å². The van der Waals surface area contributed by atoms with Crippen LogP contribution < -0.4 is 0 Å². The number of rotatable bonds is 1. The predicted molar refractivity (Wildman–Crippen MR) is 68.0 cm³/mol. The van der Waals surface area contributed by atoms with E-state index in [1.165, 1.54) is 11.1 Å². The number of benzene rings is 1. The van der Waals surface area contributed by atoms with Crippen LogP contribution in [0.2, 0.25) is 0 Å². The summed E-state index contributed by atoms with van der Waals surface area (Å²) in [5, 5.41) is 10.1. The van der Waals surface area contributed by atoms with E-state index >= 15 is 0 Å². The van der Waals surface area contributed by atoms with Crippen molar-refractivity contribution >= 4 is 5.57 Å². The molecule has 0 bridgehead atoms. The van der Waals surface area contributed by atoms with E-state index in [4.69, 9.17) is 0 Å². The van der Waals surface area contributed by atoms with Crippen LogP contribution in [-0.2, 0) is 0 Å². The van der Waals surface area contributed by atoms with Crippen molar-refractivity contribution in [3.05, 3.63) is 53.6 Å². The van der Waals surface area contributed by atoms with E-state index < -0.39 is 0 Å². The zero-order valence-electron chi connectivity index (χ0n) is 9.85. The zero-order valence-corrected chi connectivity index (χ0v) is 9.85. The monoisotopic (exact) mass is 214 g/mol. The fourth-order valence-corrected chi connectivity index (χ4v) is 2.17. The SMILES string of the molecule is C/C(=C1\C=CC(C)CC1O)c1ccccc1. The van der Waals surface area contributed by atoms with Gasteiger partial charge >= 0.3 is 0 Å². The molecule has 0 amide bonds. The van der Waals surface area contributed by atoms with Gasteiger partial charge in [0.2, 0.25) is 0 Å². The molecule has 1 N–H and O–H groups in total. The van der Waals surface area contributed by atoms with Crippen LogP contribution in [0.25, 0.3) is 5.57 Å². The molecular weight excluding hydrogens is 196 g/mol. The maximum absolute atomic E-state index is 10.1. The third-order valence-electron chi connectivity index (χ3n) is 3.20. The fraction of sp³-hybridized carbons (Fsp3) is 0.333. The van der Waals surface area contributed by atoms with Crippen LogP contribution in [0.1, 0.15) is 25.8 Å². The number of hydrogen-bond donors (Lipinski definition) is 1. The van der Waals surface area contributed by atoms with Crippen LogP contribution in [-0.4, -0.2) is 11.2 Å². The summed E-state index contributed by atoms with van der Waals surface area (Å²) in [4.78, 5) is 0. The average molecular weight is 214 g/mol. The first-order valence-electron chi connectivity index (χ1n) is 5.81. The van der Waals surface area contributed by atoms with Crippen molar-refractivity contribution in [2.24, 2.45) is 5.92 Å². The second-order valence-electron chi connectivity index (χ2n) is 4.53. The second-order valence-corrected chi connectivity index (χ2v) is 4.53. The van der Waals surface area contributed by atoms with Crippen molar-refractivity contribution in [1.29, 1.82) is 0 Å². The summed E-state index contributed by atoms with van der Waals surface area (Å²) in [7, 11) is 0. The summed E-state index contributed by atoms with van der Waals surface area (Å²) >= 11 is 0. The van der Waals surface area contributed by atoms with Gasteiger partial charge in [-0.05, 0) is 36.0 Å². The first-order valence-corrected chi connectivity index (χ1v) is 5.81. The van der Waals surface area contributed by atoms with Gasteiger partial charge in [0.05, 0.1) is 6.10 Å². The molecule has 1 aliphatic carbocycles. The Morgan fingerprint density at radius 1 is 1.25 bits per heavy atom. The second kappa shape index (κ2) is 4.67. The van der Waals surface area contributed by atoms with Crippen LogP contribution in [0, 0.1) is 5.92 Å². The highest BCUT2D eigenvalue weighted by Gasteiger charge is 2.18.